The summed E-state index contributed by atoms with van der Waals surface area (Å²) in [5.74, 6) is -0.344. The molecule has 0 aliphatic carbocycles. The normalized spacial score (nSPS) is 10.4. The molecule has 3 amide bonds. The lowest BCUT2D eigenvalue weighted by molar-refractivity contribution is -0.121. The highest BCUT2D eigenvalue weighted by atomic mass is 32.1. The average molecular weight is 311 g/mol. The van der Waals surface area contributed by atoms with Gasteiger partial charge >= 0.3 is 6.03 Å². The second-order valence-corrected chi connectivity index (χ2v) is 5.37. The lowest BCUT2D eigenvalue weighted by Gasteiger charge is -2.19. The number of nitrogens with one attached hydrogen (secondary N) is 2. The van der Waals surface area contributed by atoms with E-state index in [1.54, 1.807) is 24.5 Å². The molecule has 1 heterocycles. The van der Waals surface area contributed by atoms with Crippen LogP contribution in [0.3, 0.4) is 0 Å². The number of methoxy groups -OCH3 is 1. The Kier molecular flexibility index (Phi) is 8.34. The molecule has 7 heteroatoms. The molecule has 1 aromatic heterocycles. The molecule has 0 fully saturated rings. The van der Waals surface area contributed by atoms with E-state index in [2.05, 4.69) is 17.2 Å². The van der Waals surface area contributed by atoms with Crippen molar-refractivity contribution in [3.63, 3.8) is 0 Å². The molecule has 6 nitrogen and oxygen atoms in total. The van der Waals surface area contributed by atoms with Crippen LogP contribution in [0.1, 0.15) is 4.88 Å². The Morgan fingerprint density at radius 1 is 1.52 bits per heavy atom. The zero-order valence-electron chi connectivity index (χ0n) is 12.1. The molecule has 116 valence electrons. The number of amides is 3. The number of carbonyl (C=O) groups is 2. The van der Waals surface area contributed by atoms with Crippen molar-refractivity contribution in [1.82, 2.24) is 15.5 Å². The van der Waals surface area contributed by atoms with E-state index in [1.165, 1.54) is 0 Å². The van der Waals surface area contributed by atoms with Gasteiger partial charge in [0.15, 0.2) is 0 Å². The van der Waals surface area contributed by atoms with E-state index >= 15 is 0 Å². The van der Waals surface area contributed by atoms with Crippen LogP contribution in [-0.2, 0) is 16.1 Å². The first kappa shape index (κ1) is 17.4. The third-order valence-electron chi connectivity index (χ3n) is 2.56. The number of imide groups is 1. The van der Waals surface area contributed by atoms with Crippen LogP contribution in [0.25, 0.3) is 0 Å². The van der Waals surface area contributed by atoms with Gasteiger partial charge in [0.2, 0.25) is 5.91 Å². The molecule has 1 rings (SSSR count). The molecular weight excluding hydrogens is 290 g/mol. The molecule has 0 saturated carbocycles. The van der Waals surface area contributed by atoms with Crippen LogP contribution < -0.4 is 10.6 Å². The standard InChI is InChI=1S/C14H21N3O3S/c1-3-7-17(10-12-5-4-9-21-12)11-13(18)16-14(19)15-6-8-20-2/h3-5,9H,1,6-8,10-11H2,2H3,(H2,15,16,18,19). The summed E-state index contributed by atoms with van der Waals surface area (Å²) in [7, 11) is 1.54. The smallest absolute Gasteiger partial charge is 0.321 e. The maximum Gasteiger partial charge on any atom is 0.321 e. The highest BCUT2D eigenvalue weighted by Crippen LogP contribution is 2.11. The maximum atomic E-state index is 11.8. The van der Waals surface area contributed by atoms with Gasteiger partial charge in [-0.1, -0.05) is 12.1 Å². The molecule has 2 N–H and O–H groups in total. The Hall–Kier alpha value is -1.70. The minimum atomic E-state index is -0.508. The van der Waals surface area contributed by atoms with Crippen LogP contribution in [0, 0.1) is 0 Å². The number of carbonyl (C=O) groups excluding carboxylic acids is 2. The van der Waals surface area contributed by atoms with Crippen LogP contribution in [0.5, 0.6) is 0 Å². The highest BCUT2D eigenvalue weighted by molar-refractivity contribution is 7.09. The molecular formula is C14H21N3O3S. The Labute approximate surface area is 128 Å². The van der Waals surface area contributed by atoms with E-state index in [4.69, 9.17) is 4.74 Å². The summed E-state index contributed by atoms with van der Waals surface area (Å²) in [5.41, 5.74) is 0. The zero-order chi connectivity index (χ0) is 15.5. The van der Waals surface area contributed by atoms with Gasteiger partial charge in [0, 0.05) is 31.6 Å². The Balaban J connectivity index is 2.37. The minimum absolute atomic E-state index is 0.140. The van der Waals surface area contributed by atoms with E-state index in [-0.39, 0.29) is 12.5 Å². The minimum Gasteiger partial charge on any atom is -0.383 e. The Morgan fingerprint density at radius 2 is 2.33 bits per heavy atom. The quantitative estimate of drug-likeness (QED) is 0.531. The van der Waals surface area contributed by atoms with Crippen LogP contribution in [0.2, 0.25) is 0 Å². The topological polar surface area (TPSA) is 70.7 Å². The van der Waals surface area contributed by atoms with E-state index < -0.39 is 6.03 Å². The molecule has 0 bridgehead atoms. The first-order valence-corrected chi connectivity index (χ1v) is 7.46. The summed E-state index contributed by atoms with van der Waals surface area (Å²) >= 11 is 1.63. The summed E-state index contributed by atoms with van der Waals surface area (Å²) < 4.78 is 4.81. The van der Waals surface area contributed by atoms with E-state index in [0.717, 1.165) is 4.88 Å². The largest absolute Gasteiger partial charge is 0.383 e. The summed E-state index contributed by atoms with van der Waals surface area (Å²) in [6.45, 7) is 5.83. The predicted molar refractivity (Wildman–Crippen MR) is 83.2 cm³/mol. The summed E-state index contributed by atoms with van der Waals surface area (Å²) in [4.78, 5) is 26.3. The van der Waals surface area contributed by atoms with Crippen molar-refractivity contribution in [3.8, 4) is 0 Å². The van der Waals surface area contributed by atoms with Crippen LogP contribution in [0.4, 0.5) is 4.79 Å². The van der Waals surface area contributed by atoms with Gasteiger partial charge in [0.05, 0.1) is 13.2 Å². The average Bonchev–Trinajstić information content (AvgIpc) is 2.92. The summed E-state index contributed by atoms with van der Waals surface area (Å²) in [5, 5.41) is 6.81. The number of thiophene rings is 1. The molecule has 0 atom stereocenters. The van der Waals surface area contributed by atoms with E-state index in [1.807, 2.05) is 22.4 Å². The molecule has 0 spiro atoms. The fraction of sp³-hybridized carbons (Fsp3) is 0.429. The number of hydrogen-bond donors (Lipinski definition) is 2. The maximum absolute atomic E-state index is 11.8. The van der Waals surface area contributed by atoms with Crippen molar-refractivity contribution in [3.05, 3.63) is 35.0 Å². The molecule has 0 saturated heterocycles. The lowest BCUT2D eigenvalue weighted by Crippen LogP contribution is -2.45. The number of nitrogens with zero attached hydrogens (tertiary/aromatic N) is 1. The van der Waals surface area contributed by atoms with E-state index in [0.29, 0.717) is 26.2 Å². The molecule has 1 aromatic rings. The number of hydrogen-bond acceptors (Lipinski definition) is 5. The fourth-order valence-electron chi connectivity index (χ4n) is 1.67. The van der Waals surface area contributed by atoms with Gasteiger partial charge in [0.25, 0.3) is 0 Å². The van der Waals surface area contributed by atoms with Gasteiger partial charge in [-0.25, -0.2) is 4.79 Å². The van der Waals surface area contributed by atoms with Crippen molar-refractivity contribution in [2.45, 2.75) is 6.54 Å². The van der Waals surface area contributed by atoms with Crippen LogP contribution in [0.15, 0.2) is 30.2 Å². The van der Waals surface area contributed by atoms with Gasteiger partial charge in [-0.05, 0) is 11.4 Å². The number of ether oxygens (including phenoxy) is 1. The van der Waals surface area contributed by atoms with Crippen molar-refractivity contribution in [2.24, 2.45) is 0 Å². The number of rotatable bonds is 9. The second-order valence-electron chi connectivity index (χ2n) is 4.33. The Bertz CT molecular complexity index is 448. The van der Waals surface area contributed by atoms with Crippen molar-refractivity contribution in [1.29, 1.82) is 0 Å². The van der Waals surface area contributed by atoms with Gasteiger partial charge in [-0.3, -0.25) is 15.0 Å². The zero-order valence-corrected chi connectivity index (χ0v) is 12.9. The van der Waals surface area contributed by atoms with Gasteiger partial charge < -0.3 is 10.1 Å². The SMILES string of the molecule is C=CCN(CC(=O)NC(=O)NCCOC)Cc1cccs1. The molecule has 0 radical (unpaired) electrons. The van der Waals surface area contributed by atoms with Crippen LogP contribution in [-0.4, -0.2) is 50.2 Å². The van der Waals surface area contributed by atoms with E-state index in [9.17, 15) is 9.59 Å². The predicted octanol–water partition coefficient (Wildman–Crippen LogP) is 1.21. The van der Waals surface area contributed by atoms with Gasteiger partial charge in [-0.2, -0.15) is 0 Å². The first-order chi connectivity index (χ1) is 10.2. The monoisotopic (exact) mass is 311 g/mol. The highest BCUT2D eigenvalue weighted by Gasteiger charge is 2.13. The lowest BCUT2D eigenvalue weighted by atomic mass is 10.3. The fourth-order valence-corrected chi connectivity index (χ4v) is 2.42. The van der Waals surface area contributed by atoms with Crippen LogP contribution >= 0.6 is 11.3 Å². The Morgan fingerprint density at radius 3 is 2.95 bits per heavy atom. The second kappa shape index (κ2) is 10.1. The van der Waals surface area contributed by atoms with Gasteiger partial charge in [-0.15, -0.1) is 17.9 Å². The third-order valence-corrected chi connectivity index (χ3v) is 3.42. The number of urea groups is 1. The van der Waals surface area contributed by atoms with Crippen molar-refractivity contribution >= 4 is 23.3 Å². The molecule has 0 unspecified atom stereocenters. The first-order valence-electron chi connectivity index (χ1n) is 6.58. The van der Waals surface area contributed by atoms with Gasteiger partial charge in [0.1, 0.15) is 0 Å². The molecule has 0 aromatic carbocycles. The third kappa shape index (κ3) is 7.60. The molecule has 21 heavy (non-hydrogen) atoms. The van der Waals surface area contributed by atoms with Crippen molar-refractivity contribution in [2.75, 3.05) is 33.4 Å². The molecule has 0 aliphatic heterocycles. The van der Waals surface area contributed by atoms with Crippen molar-refractivity contribution < 1.29 is 14.3 Å². The summed E-state index contributed by atoms with van der Waals surface area (Å²) in [6.07, 6.45) is 1.74. The molecule has 0 aliphatic rings. The summed E-state index contributed by atoms with van der Waals surface area (Å²) in [6, 6.07) is 3.47.